The van der Waals surface area contributed by atoms with Crippen LogP contribution in [0.4, 0.5) is 24.8 Å². The highest BCUT2D eigenvalue weighted by Crippen LogP contribution is 2.40. The predicted molar refractivity (Wildman–Crippen MR) is 120 cm³/mol. The highest BCUT2D eigenvalue weighted by atomic mass is 35.5. The first-order valence-corrected chi connectivity index (χ1v) is 10.4. The Labute approximate surface area is 196 Å². The van der Waals surface area contributed by atoms with Crippen LogP contribution in [0.25, 0.3) is 0 Å². The Morgan fingerprint density at radius 2 is 1.74 bits per heavy atom. The van der Waals surface area contributed by atoms with Gasteiger partial charge < -0.3 is 10.4 Å². The SMILES string of the molecule is Cc1ccc(Cn2c(Nc3c(C)ccc(C(F)(F)F)c3Cl)nc(=O)n(CCC(=O)O)c2=O)cc1. The van der Waals surface area contributed by atoms with Crippen molar-refractivity contribution >= 4 is 29.2 Å². The van der Waals surface area contributed by atoms with E-state index in [2.05, 4.69) is 10.3 Å². The van der Waals surface area contributed by atoms with Gasteiger partial charge in [0.25, 0.3) is 0 Å². The van der Waals surface area contributed by atoms with E-state index in [4.69, 9.17) is 16.7 Å². The number of hydrogen-bond acceptors (Lipinski definition) is 5. The topological polar surface area (TPSA) is 106 Å². The summed E-state index contributed by atoms with van der Waals surface area (Å²) in [5.41, 5.74) is -1.24. The van der Waals surface area contributed by atoms with Gasteiger partial charge in [-0.1, -0.05) is 47.5 Å². The number of carboxylic acid groups (broad SMARTS) is 1. The number of halogens is 4. The number of rotatable bonds is 7. The van der Waals surface area contributed by atoms with Crippen molar-refractivity contribution in [3.8, 4) is 0 Å². The Morgan fingerprint density at radius 3 is 2.32 bits per heavy atom. The molecule has 0 aliphatic carbocycles. The van der Waals surface area contributed by atoms with Gasteiger partial charge in [0, 0.05) is 6.54 Å². The maximum atomic E-state index is 13.3. The monoisotopic (exact) mass is 496 g/mol. The third kappa shape index (κ3) is 5.48. The molecule has 3 aromatic rings. The summed E-state index contributed by atoms with van der Waals surface area (Å²) >= 11 is 6.03. The molecule has 0 saturated heterocycles. The number of aryl methyl sites for hydroxylation is 2. The largest absolute Gasteiger partial charge is 0.481 e. The lowest BCUT2D eigenvalue weighted by Crippen LogP contribution is -2.43. The van der Waals surface area contributed by atoms with E-state index in [0.717, 1.165) is 16.2 Å². The van der Waals surface area contributed by atoms with Gasteiger partial charge >= 0.3 is 23.5 Å². The summed E-state index contributed by atoms with van der Waals surface area (Å²) in [6, 6.07) is 9.11. The number of carbonyl (C=O) groups is 1. The van der Waals surface area contributed by atoms with Crippen LogP contribution in [-0.4, -0.2) is 25.2 Å². The first-order chi connectivity index (χ1) is 15.9. The first kappa shape index (κ1) is 25.0. The minimum atomic E-state index is -4.73. The minimum Gasteiger partial charge on any atom is -0.481 e. The Hall–Kier alpha value is -3.60. The Kier molecular flexibility index (Phi) is 7.15. The van der Waals surface area contributed by atoms with Crippen LogP contribution in [0.2, 0.25) is 5.02 Å². The molecule has 0 atom stereocenters. The zero-order valence-electron chi connectivity index (χ0n) is 18.1. The molecule has 0 spiro atoms. The smallest absolute Gasteiger partial charge is 0.417 e. The van der Waals surface area contributed by atoms with Crippen molar-refractivity contribution in [3.05, 3.63) is 84.6 Å². The number of nitrogens with zero attached hydrogens (tertiary/aromatic N) is 3. The fourth-order valence-corrected chi connectivity index (χ4v) is 3.57. The van der Waals surface area contributed by atoms with Crippen LogP contribution < -0.4 is 16.7 Å². The molecule has 0 amide bonds. The molecule has 0 bridgehead atoms. The van der Waals surface area contributed by atoms with Crippen LogP contribution in [0.5, 0.6) is 0 Å². The van der Waals surface area contributed by atoms with Gasteiger partial charge in [0.15, 0.2) is 0 Å². The molecule has 2 aromatic carbocycles. The zero-order chi connectivity index (χ0) is 25.2. The van der Waals surface area contributed by atoms with E-state index in [-0.39, 0.29) is 18.2 Å². The molecule has 180 valence electrons. The summed E-state index contributed by atoms with van der Waals surface area (Å²) in [6.07, 6.45) is -5.22. The fraction of sp³-hybridized carbons (Fsp3) is 0.273. The number of aromatic nitrogens is 3. The number of benzene rings is 2. The van der Waals surface area contributed by atoms with Crippen LogP contribution in [0.1, 0.15) is 28.7 Å². The molecular formula is C22H20ClF3N4O4. The average molecular weight is 497 g/mol. The van der Waals surface area contributed by atoms with Crippen LogP contribution in [-0.2, 0) is 24.1 Å². The van der Waals surface area contributed by atoms with Gasteiger partial charge in [-0.15, -0.1) is 0 Å². The minimum absolute atomic E-state index is 0.0859. The van der Waals surface area contributed by atoms with Crippen LogP contribution in [0.3, 0.4) is 0 Å². The molecule has 0 unspecified atom stereocenters. The van der Waals surface area contributed by atoms with Crippen LogP contribution in [0.15, 0.2) is 46.0 Å². The first-order valence-electron chi connectivity index (χ1n) is 10.0. The number of carboxylic acids is 1. The summed E-state index contributed by atoms with van der Waals surface area (Å²) in [7, 11) is 0. The summed E-state index contributed by atoms with van der Waals surface area (Å²) < 4.78 is 41.7. The van der Waals surface area contributed by atoms with Crippen LogP contribution in [0, 0.1) is 13.8 Å². The molecule has 34 heavy (non-hydrogen) atoms. The van der Waals surface area contributed by atoms with E-state index in [9.17, 15) is 27.6 Å². The average Bonchev–Trinajstić information content (AvgIpc) is 2.73. The molecule has 2 N–H and O–H groups in total. The molecule has 0 aliphatic heterocycles. The van der Waals surface area contributed by atoms with Gasteiger partial charge in [0.2, 0.25) is 5.95 Å². The normalized spacial score (nSPS) is 11.5. The molecule has 12 heteroatoms. The maximum Gasteiger partial charge on any atom is 0.417 e. The molecular weight excluding hydrogens is 477 g/mol. The molecule has 0 aliphatic rings. The third-order valence-corrected chi connectivity index (χ3v) is 5.45. The van der Waals surface area contributed by atoms with Gasteiger partial charge in [0.1, 0.15) is 0 Å². The van der Waals surface area contributed by atoms with Gasteiger partial charge in [-0.3, -0.25) is 9.36 Å². The lowest BCUT2D eigenvalue weighted by atomic mass is 10.1. The van der Waals surface area contributed by atoms with Gasteiger partial charge in [-0.25, -0.2) is 14.2 Å². The van der Waals surface area contributed by atoms with Crippen LogP contribution >= 0.6 is 11.6 Å². The quantitative estimate of drug-likeness (QED) is 0.513. The molecule has 1 heterocycles. The van der Waals surface area contributed by atoms with E-state index in [1.165, 1.54) is 13.0 Å². The number of alkyl halides is 3. The van der Waals surface area contributed by atoms with E-state index >= 15 is 0 Å². The molecule has 3 rings (SSSR count). The number of nitrogens with one attached hydrogen (secondary N) is 1. The third-order valence-electron chi connectivity index (χ3n) is 5.05. The Bertz CT molecular complexity index is 1350. The summed E-state index contributed by atoms with van der Waals surface area (Å²) in [5.74, 6) is -1.54. The lowest BCUT2D eigenvalue weighted by molar-refractivity contribution is -0.138. The summed E-state index contributed by atoms with van der Waals surface area (Å²) in [5, 5.41) is 10.9. The Balaban J connectivity index is 2.17. The number of aliphatic carboxylic acids is 1. The number of hydrogen-bond donors (Lipinski definition) is 2. The van der Waals surface area contributed by atoms with E-state index in [0.29, 0.717) is 15.7 Å². The highest BCUT2D eigenvalue weighted by Gasteiger charge is 2.34. The summed E-state index contributed by atoms with van der Waals surface area (Å²) in [4.78, 5) is 40.4. The van der Waals surface area contributed by atoms with Crippen molar-refractivity contribution in [2.45, 2.75) is 39.5 Å². The maximum absolute atomic E-state index is 13.3. The fourth-order valence-electron chi connectivity index (χ4n) is 3.20. The van der Waals surface area contributed by atoms with Crippen molar-refractivity contribution in [3.63, 3.8) is 0 Å². The van der Waals surface area contributed by atoms with Crippen molar-refractivity contribution in [1.82, 2.24) is 14.1 Å². The van der Waals surface area contributed by atoms with Crippen molar-refractivity contribution in [2.75, 3.05) is 5.32 Å². The van der Waals surface area contributed by atoms with Gasteiger partial charge in [-0.2, -0.15) is 18.2 Å². The molecule has 0 fully saturated rings. The second-order valence-corrected chi connectivity index (χ2v) is 7.99. The van der Waals surface area contributed by atoms with Gasteiger partial charge in [0.05, 0.1) is 29.2 Å². The summed E-state index contributed by atoms with van der Waals surface area (Å²) in [6.45, 7) is 2.87. The zero-order valence-corrected chi connectivity index (χ0v) is 18.9. The lowest BCUT2D eigenvalue weighted by Gasteiger charge is -2.19. The van der Waals surface area contributed by atoms with E-state index < -0.39 is 47.1 Å². The molecule has 0 saturated carbocycles. The van der Waals surface area contributed by atoms with Crippen molar-refractivity contribution in [1.29, 1.82) is 0 Å². The second-order valence-electron chi connectivity index (χ2n) is 7.61. The predicted octanol–water partition coefficient (Wildman–Crippen LogP) is 3.96. The molecule has 8 nitrogen and oxygen atoms in total. The standard InChI is InChI=1S/C22H20ClF3N4O4/c1-12-3-6-14(7-4-12)11-30-19(28-20(33)29(21(30)34)10-9-16(31)32)27-18-13(2)5-8-15(17(18)23)22(24,25)26/h3-8H,9-11H2,1-2H3,(H,31,32)(H,27,28,33). The molecule has 0 radical (unpaired) electrons. The van der Waals surface area contributed by atoms with Crippen molar-refractivity contribution < 1.29 is 23.1 Å². The molecule has 1 aromatic heterocycles. The van der Waals surface area contributed by atoms with E-state index in [1.54, 1.807) is 24.3 Å². The second kappa shape index (κ2) is 9.72. The number of anilines is 2. The highest BCUT2D eigenvalue weighted by molar-refractivity contribution is 6.34. The van der Waals surface area contributed by atoms with E-state index in [1.807, 2.05) is 6.92 Å². The van der Waals surface area contributed by atoms with Gasteiger partial charge in [-0.05, 0) is 31.0 Å². The Morgan fingerprint density at radius 1 is 1.09 bits per heavy atom. The van der Waals surface area contributed by atoms with Crippen molar-refractivity contribution in [2.24, 2.45) is 0 Å².